The summed E-state index contributed by atoms with van der Waals surface area (Å²) in [5.41, 5.74) is 7.50. The fourth-order valence-electron chi connectivity index (χ4n) is 18.7. The highest BCUT2D eigenvalue weighted by atomic mass is 19.1. The maximum atomic E-state index is 14.3. The quantitative estimate of drug-likeness (QED) is 0.170. The molecular formula is C77H116FN11O9. The zero-order valence-electron chi connectivity index (χ0n) is 60.1. The Kier molecular flexibility index (Phi) is 24.2. The third-order valence-corrected chi connectivity index (χ3v) is 24.3. The van der Waals surface area contributed by atoms with Crippen molar-refractivity contribution < 1.29 is 48.8 Å². The number of rotatable bonds is 12. The Morgan fingerprint density at radius 1 is 0.510 bits per heavy atom. The number of benzene rings is 3. The molecule has 540 valence electrons. The summed E-state index contributed by atoms with van der Waals surface area (Å²) < 4.78 is 29.8. The van der Waals surface area contributed by atoms with Gasteiger partial charge in [-0.25, -0.2) is 28.4 Å². The minimum Gasteiger partial charge on any atom is -0.450 e. The SMILES string of the molecule is CCOC(=O)N1CCC(N2CCC3(CC2)CN(C(=O)N(CC)CC)c2ccccc23)CC1.CCOC(=O)N1CCC(N2CCC3(CC2)CN(C2CCCCC2=O)c2ccc(F)cc23)CC1.CCOC(=O)N1CCC(N2CCC3(CC2)C[C@H](NC(=O)N(CC)CC)c2ccccc23)CC1.[HH]. The van der Waals surface area contributed by atoms with E-state index in [4.69, 9.17) is 14.2 Å². The van der Waals surface area contributed by atoms with Gasteiger partial charge in [0.15, 0.2) is 5.78 Å². The lowest BCUT2D eigenvalue weighted by atomic mass is 9.73. The number of carbonyl (C=O) groups is 6. The Balaban J connectivity index is 0.000000160. The summed E-state index contributed by atoms with van der Waals surface area (Å²) in [7, 11) is 0. The number of ether oxygens (including phenoxy) is 3. The Morgan fingerprint density at radius 2 is 0.959 bits per heavy atom. The van der Waals surface area contributed by atoms with Gasteiger partial charge in [-0.2, -0.15) is 0 Å². The molecule has 1 N–H and O–H groups in total. The van der Waals surface area contributed by atoms with Gasteiger partial charge in [0.2, 0.25) is 0 Å². The molecule has 0 bridgehead atoms. The number of likely N-dealkylation sites (tertiary alicyclic amines) is 6. The number of piperidine rings is 6. The van der Waals surface area contributed by atoms with Crippen molar-refractivity contribution in [1.29, 1.82) is 0 Å². The van der Waals surface area contributed by atoms with Gasteiger partial charge in [0.1, 0.15) is 5.82 Å². The highest BCUT2D eigenvalue weighted by molar-refractivity contribution is 5.95. The summed E-state index contributed by atoms with van der Waals surface area (Å²) in [6.07, 6.45) is 16.5. The number of carbonyl (C=O) groups excluding carboxylic acids is 6. The smallest absolute Gasteiger partial charge is 0.409 e. The van der Waals surface area contributed by atoms with Gasteiger partial charge in [-0.3, -0.25) is 9.69 Å². The van der Waals surface area contributed by atoms with Crippen molar-refractivity contribution in [3.05, 3.63) is 94.8 Å². The molecular weight excluding hydrogens is 1240 g/mol. The second kappa shape index (κ2) is 32.7. The molecule has 21 heteroatoms. The van der Waals surface area contributed by atoms with Gasteiger partial charge in [-0.15, -0.1) is 0 Å². The van der Waals surface area contributed by atoms with Crippen LogP contribution in [-0.2, 0) is 35.3 Å². The van der Waals surface area contributed by atoms with E-state index in [0.29, 0.717) is 50.2 Å². The van der Waals surface area contributed by atoms with E-state index >= 15 is 0 Å². The number of nitrogens with zero attached hydrogens (tertiary/aromatic N) is 10. The van der Waals surface area contributed by atoms with Gasteiger partial charge in [0.25, 0.3) is 0 Å². The monoisotopic (exact) mass is 1360 g/mol. The molecule has 98 heavy (non-hydrogen) atoms. The van der Waals surface area contributed by atoms with Crippen molar-refractivity contribution in [1.82, 2.24) is 44.5 Å². The Bertz CT molecular complexity index is 3200. The predicted molar refractivity (Wildman–Crippen MR) is 383 cm³/mol. The van der Waals surface area contributed by atoms with Gasteiger partial charge >= 0.3 is 30.3 Å². The van der Waals surface area contributed by atoms with Crippen LogP contribution in [0.1, 0.15) is 187 Å². The fourth-order valence-corrected chi connectivity index (χ4v) is 18.7. The maximum Gasteiger partial charge on any atom is 0.409 e. The van der Waals surface area contributed by atoms with Crippen LogP contribution in [0.2, 0.25) is 0 Å². The lowest BCUT2D eigenvalue weighted by Crippen LogP contribution is -2.53. The number of ketones is 1. The summed E-state index contributed by atoms with van der Waals surface area (Å²) in [6.45, 7) is 30.4. The van der Waals surface area contributed by atoms with Crippen molar-refractivity contribution in [2.45, 2.75) is 204 Å². The Hall–Kier alpha value is -6.71. The highest BCUT2D eigenvalue weighted by Gasteiger charge is 2.51. The van der Waals surface area contributed by atoms with E-state index in [1.54, 1.807) is 12.1 Å². The zero-order chi connectivity index (χ0) is 69.1. The number of nitrogens with one attached hydrogen (secondary N) is 1. The minimum absolute atomic E-state index is 0. The van der Waals surface area contributed by atoms with E-state index in [9.17, 15) is 33.2 Å². The van der Waals surface area contributed by atoms with Crippen LogP contribution in [0.3, 0.4) is 0 Å². The molecule has 7 amide bonds. The summed E-state index contributed by atoms with van der Waals surface area (Å²) in [4.78, 5) is 96.2. The summed E-state index contributed by atoms with van der Waals surface area (Å²) in [6, 6.07) is 24.2. The van der Waals surface area contributed by atoms with Gasteiger partial charge in [0.05, 0.1) is 31.9 Å². The van der Waals surface area contributed by atoms with E-state index < -0.39 is 0 Å². The van der Waals surface area contributed by atoms with Gasteiger partial charge in [-0.05, 0) is 231 Å². The molecule has 2 atom stereocenters. The first kappa shape index (κ1) is 72.5. The number of Topliss-reactive ketones (excluding diaryl/α,β-unsaturated/α-hetero) is 1. The molecule has 13 rings (SSSR count). The number of para-hydroxylation sites is 1. The van der Waals surface area contributed by atoms with Crippen molar-refractivity contribution in [3.8, 4) is 0 Å². The van der Waals surface area contributed by atoms with Gasteiger partial charge in [-0.1, -0.05) is 48.9 Å². The van der Waals surface area contributed by atoms with Crippen LogP contribution in [-0.4, -0.2) is 237 Å². The minimum atomic E-state index is -0.199. The van der Waals surface area contributed by atoms with Crippen molar-refractivity contribution in [2.75, 3.05) is 147 Å². The van der Waals surface area contributed by atoms with Gasteiger partial charge in [0, 0.05) is 132 Å². The number of urea groups is 2. The molecule has 2 aliphatic carbocycles. The first-order chi connectivity index (χ1) is 47.5. The average Bonchev–Trinajstić information content (AvgIpc) is 1.69. The third kappa shape index (κ3) is 15.6. The second-order valence-corrected chi connectivity index (χ2v) is 29.2. The molecule has 7 fully saturated rings. The van der Waals surface area contributed by atoms with E-state index in [0.717, 1.165) is 237 Å². The summed E-state index contributed by atoms with van der Waals surface area (Å²) in [5, 5.41) is 3.33. The van der Waals surface area contributed by atoms with Crippen LogP contribution in [0, 0.1) is 5.82 Å². The second-order valence-electron chi connectivity index (χ2n) is 29.2. The first-order valence-corrected chi connectivity index (χ1v) is 37.9. The number of hydrogen-bond donors (Lipinski definition) is 1. The van der Waals surface area contributed by atoms with Crippen molar-refractivity contribution in [2.24, 2.45) is 0 Å². The maximum absolute atomic E-state index is 14.3. The first-order valence-electron chi connectivity index (χ1n) is 37.9. The average molecular weight is 1360 g/mol. The highest BCUT2D eigenvalue weighted by Crippen LogP contribution is 2.53. The largest absolute Gasteiger partial charge is 0.450 e. The molecule has 3 aromatic rings. The third-order valence-electron chi connectivity index (χ3n) is 24.3. The van der Waals surface area contributed by atoms with Crippen LogP contribution in [0.25, 0.3) is 0 Å². The zero-order valence-corrected chi connectivity index (χ0v) is 60.1. The van der Waals surface area contributed by atoms with E-state index in [2.05, 4.69) is 67.4 Å². The van der Waals surface area contributed by atoms with E-state index in [-0.39, 0.29) is 65.9 Å². The molecule has 6 saturated heterocycles. The fraction of sp³-hybridized carbons (Fsp3) is 0.688. The van der Waals surface area contributed by atoms with Gasteiger partial charge < -0.3 is 63.6 Å². The van der Waals surface area contributed by atoms with Crippen molar-refractivity contribution >= 4 is 47.5 Å². The summed E-state index contributed by atoms with van der Waals surface area (Å²) in [5.74, 6) is 0.165. The van der Waals surface area contributed by atoms with E-state index in [1.165, 1.54) is 16.7 Å². The molecule has 20 nitrogen and oxygen atoms in total. The lowest BCUT2D eigenvalue weighted by Gasteiger charge is -2.45. The molecule has 10 aliphatic rings. The topological polar surface area (TPSA) is 175 Å². The van der Waals surface area contributed by atoms with Crippen molar-refractivity contribution in [3.63, 3.8) is 0 Å². The van der Waals surface area contributed by atoms with Crippen LogP contribution in [0.4, 0.5) is 39.7 Å². The van der Waals surface area contributed by atoms with Crippen LogP contribution >= 0.6 is 0 Å². The standard InChI is InChI=1S/C26H36FN3O3.C26H40N4O3.C25H38N4O3.H2/c1-2-33-25(32)29-13-9-20(10-14-29)28-15-11-26(12-16-28)18-30(23-5-3-4-6-24(23)31)22-8-7-19(27)17-21(22)26;1-4-28(5-2)24(31)27-23-19-26(22-10-8-7-9-21(22)23)13-17-29(18-14-26)20-11-15-30(16-12-20)25(32)33-6-3;1-4-26(5-2)23(30)29-19-25(21-9-7-8-10-22(21)29)13-17-27(18-14-25)20-11-15-28(16-12-20)24(31)32-6-3;/h7-8,17,20,23H,2-6,9-16,18H2,1H3;7-10,20,23H,4-6,11-19H2,1-3H3,(H,27,31);7-10,20H,4-6,11-19H2,1-3H3;1H/t;23-;;/m.0../s1. The number of amides is 7. The number of fused-ring (bicyclic) bond motifs is 6. The molecule has 1 saturated carbocycles. The normalized spacial score (nSPS) is 23.3. The molecule has 3 aromatic carbocycles. The molecule has 8 aliphatic heterocycles. The molecule has 8 heterocycles. The lowest BCUT2D eigenvalue weighted by molar-refractivity contribution is -0.121. The number of anilines is 2. The van der Waals surface area contributed by atoms with Crippen LogP contribution < -0.4 is 15.1 Å². The van der Waals surface area contributed by atoms with Crippen LogP contribution in [0.15, 0.2) is 66.7 Å². The Morgan fingerprint density at radius 3 is 1.43 bits per heavy atom. The Labute approximate surface area is 584 Å². The number of hydrogen-bond acceptors (Lipinski definition) is 13. The summed E-state index contributed by atoms with van der Waals surface area (Å²) >= 11 is 0. The predicted octanol–water partition coefficient (Wildman–Crippen LogP) is 12.4. The van der Waals surface area contributed by atoms with E-state index in [1.807, 2.05) is 90.0 Å². The molecule has 0 radical (unpaired) electrons. The number of halogens is 1. The molecule has 0 aromatic heterocycles. The molecule has 3 spiro atoms. The van der Waals surface area contributed by atoms with Crippen LogP contribution in [0.5, 0.6) is 0 Å². The molecule has 1 unspecified atom stereocenters.